The van der Waals surface area contributed by atoms with Crippen LogP contribution in [0.4, 0.5) is 0 Å². The fraction of sp³-hybridized carbons (Fsp3) is 1.00. The van der Waals surface area contributed by atoms with Crippen LogP contribution in [-0.4, -0.2) is 27.1 Å². The largest absolute Gasteiger partial charge is 0.420 e. The molecule has 4 atom stereocenters. The third-order valence-corrected chi connectivity index (χ3v) is 7.30. The summed E-state index contributed by atoms with van der Waals surface area (Å²) in [6.07, 6.45) is 4.01. The molecule has 0 saturated heterocycles. The second-order valence-electron chi connectivity index (χ2n) is 6.10. The van der Waals surface area contributed by atoms with Gasteiger partial charge in [-0.1, -0.05) is 0 Å². The molecule has 88 valence electrons. The smallest absolute Gasteiger partial charge is 0.186 e. The normalized spacial score (nSPS) is 40.0. The van der Waals surface area contributed by atoms with Crippen LogP contribution in [0.3, 0.4) is 0 Å². The highest BCUT2D eigenvalue weighted by Gasteiger charge is 2.46. The van der Waals surface area contributed by atoms with Crippen LogP contribution >= 0.6 is 0 Å². The Morgan fingerprint density at radius 2 is 1.73 bits per heavy atom. The minimum atomic E-state index is -1.37. The summed E-state index contributed by atoms with van der Waals surface area (Å²) in [6, 6.07) is 1.32. The predicted molar refractivity (Wildman–Crippen MR) is 64.2 cm³/mol. The van der Waals surface area contributed by atoms with Gasteiger partial charge >= 0.3 is 0 Å². The first-order chi connectivity index (χ1) is 7.05. The van der Waals surface area contributed by atoms with E-state index in [0.29, 0.717) is 12.5 Å². The first-order valence-corrected chi connectivity index (χ1v) is 9.33. The minimum absolute atomic E-state index is 0.416. The van der Waals surface area contributed by atoms with Crippen LogP contribution in [0.15, 0.2) is 0 Å². The maximum absolute atomic E-state index is 9.24. The van der Waals surface area contributed by atoms with E-state index in [2.05, 4.69) is 13.1 Å². The van der Waals surface area contributed by atoms with Gasteiger partial charge in [0.05, 0.1) is 0 Å². The lowest BCUT2D eigenvalue weighted by Gasteiger charge is -2.31. The van der Waals surface area contributed by atoms with Gasteiger partial charge in [0.2, 0.25) is 0 Å². The monoisotopic (exact) mass is 228 g/mol. The fourth-order valence-electron chi connectivity index (χ4n) is 3.70. The van der Waals surface area contributed by atoms with E-state index in [1.807, 2.05) is 7.11 Å². The van der Waals surface area contributed by atoms with Crippen molar-refractivity contribution in [3.63, 3.8) is 0 Å². The highest BCUT2D eigenvalue weighted by atomic mass is 28.4. The van der Waals surface area contributed by atoms with Crippen LogP contribution in [0.2, 0.25) is 19.1 Å². The highest BCUT2D eigenvalue weighted by Crippen LogP contribution is 2.53. The van der Waals surface area contributed by atoms with E-state index in [0.717, 1.165) is 17.8 Å². The molecule has 0 aliphatic heterocycles. The van der Waals surface area contributed by atoms with Gasteiger partial charge in [-0.3, -0.25) is 0 Å². The quantitative estimate of drug-likeness (QED) is 0.749. The second kappa shape index (κ2) is 4.19. The molecule has 0 radical (unpaired) electrons. The molecule has 2 saturated carbocycles. The van der Waals surface area contributed by atoms with Crippen LogP contribution in [-0.2, 0) is 4.43 Å². The van der Waals surface area contributed by atoms with Crippen LogP contribution in [0.1, 0.15) is 19.3 Å². The summed E-state index contributed by atoms with van der Waals surface area (Å²) < 4.78 is 5.65. The van der Waals surface area contributed by atoms with E-state index in [9.17, 15) is 5.11 Å². The van der Waals surface area contributed by atoms with Crippen molar-refractivity contribution in [3.05, 3.63) is 0 Å². The SMILES string of the molecule is CO[Si](C)(C)CC1CC2CC1CC2CO. The van der Waals surface area contributed by atoms with Gasteiger partial charge in [0.25, 0.3) is 0 Å². The zero-order valence-corrected chi connectivity index (χ0v) is 11.2. The predicted octanol–water partition coefficient (Wildman–Crippen LogP) is 2.49. The molecule has 2 aliphatic carbocycles. The Morgan fingerprint density at radius 3 is 2.20 bits per heavy atom. The molecule has 15 heavy (non-hydrogen) atoms. The maximum Gasteiger partial charge on any atom is 0.186 e. The Balaban J connectivity index is 1.89. The lowest BCUT2D eigenvalue weighted by molar-refractivity contribution is 0.159. The molecule has 2 bridgehead atoms. The van der Waals surface area contributed by atoms with Gasteiger partial charge in [-0.05, 0) is 62.1 Å². The van der Waals surface area contributed by atoms with E-state index < -0.39 is 8.32 Å². The van der Waals surface area contributed by atoms with Crippen molar-refractivity contribution in [2.45, 2.75) is 38.4 Å². The molecule has 0 heterocycles. The Labute approximate surface area is 94.2 Å². The molecule has 0 amide bonds. The Kier molecular flexibility index (Phi) is 3.24. The summed E-state index contributed by atoms with van der Waals surface area (Å²) in [7, 11) is 0.496. The van der Waals surface area contributed by atoms with Crippen molar-refractivity contribution in [2.75, 3.05) is 13.7 Å². The maximum atomic E-state index is 9.24. The minimum Gasteiger partial charge on any atom is -0.420 e. The van der Waals surface area contributed by atoms with E-state index >= 15 is 0 Å². The molecule has 3 heteroatoms. The van der Waals surface area contributed by atoms with Crippen LogP contribution < -0.4 is 0 Å². The summed E-state index contributed by atoms with van der Waals surface area (Å²) in [4.78, 5) is 0. The topological polar surface area (TPSA) is 29.5 Å². The van der Waals surface area contributed by atoms with Crippen molar-refractivity contribution in [1.29, 1.82) is 0 Å². The van der Waals surface area contributed by atoms with E-state index in [1.165, 1.54) is 25.3 Å². The number of rotatable bonds is 4. The molecule has 1 N–H and O–H groups in total. The van der Waals surface area contributed by atoms with E-state index in [4.69, 9.17) is 4.43 Å². The Hall–Kier alpha value is 0.137. The van der Waals surface area contributed by atoms with Gasteiger partial charge in [-0.2, -0.15) is 0 Å². The second-order valence-corrected chi connectivity index (χ2v) is 10.4. The summed E-state index contributed by atoms with van der Waals surface area (Å²) in [5.41, 5.74) is 0. The summed E-state index contributed by atoms with van der Waals surface area (Å²) in [5.74, 6) is 3.25. The van der Waals surface area contributed by atoms with E-state index in [-0.39, 0.29) is 0 Å². The van der Waals surface area contributed by atoms with Crippen molar-refractivity contribution >= 4 is 8.32 Å². The summed E-state index contributed by atoms with van der Waals surface area (Å²) in [5, 5.41) is 9.24. The molecule has 2 rings (SSSR count). The fourth-order valence-corrected chi connectivity index (χ4v) is 5.63. The van der Waals surface area contributed by atoms with Gasteiger partial charge in [-0.25, -0.2) is 0 Å². The van der Waals surface area contributed by atoms with Crippen LogP contribution in [0.5, 0.6) is 0 Å². The highest BCUT2D eigenvalue weighted by molar-refractivity contribution is 6.71. The van der Waals surface area contributed by atoms with Gasteiger partial charge in [0.1, 0.15) is 0 Å². The third-order valence-electron chi connectivity index (χ3n) is 4.69. The first kappa shape index (κ1) is 11.6. The summed E-state index contributed by atoms with van der Waals surface area (Å²) >= 11 is 0. The zero-order valence-electron chi connectivity index (χ0n) is 10.2. The number of hydrogen-bond donors (Lipinski definition) is 1. The van der Waals surface area contributed by atoms with Crippen LogP contribution in [0.25, 0.3) is 0 Å². The molecule has 0 aromatic rings. The number of aliphatic hydroxyl groups excluding tert-OH is 1. The molecule has 4 unspecified atom stereocenters. The van der Waals surface area contributed by atoms with Crippen molar-refractivity contribution in [2.24, 2.45) is 23.7 Å². The van der Waals surface area contributed by atoms with Gasteiger partial charge in [0, 0.05) is 13.7 Å². The molecular weight excluding hydrogens is 204 g/mol. The average molecular weight is 228 g/mol. The third kappa shape index (κ3) is 2.29. The lowest BCUT2D eigenvalue weighted by atomic mass is 9.83. The molecule has 2 aliphatic rings. The zero-order chi connectivity index (χ0) is 11.1. The van der Waals surface area contributed by atoms with Gasteiger partial charge in [0.15, 0.2) is 8.32 Å². The number of fused-ring (bicyclic) bond motifs is 2. The molecular formula is C12H24O2Si. The Bertz CT molecular complexity index is 230. The van der Waals surface area contributed by atoms with Crippen molar-refractivity contribution in [3.8, 4) is 0 Å². The molecule has 2 fully saturated rings. The molecule has 0 aromatic heterocycles. The molecule has 2 nitrogen and oxygen atoms in total. The van der Waals surface area contributed by atoms with Crippen molar-refractivity contribution < 1.29 is 9.53 Å². The Morgan fingerprint density at radius 1 is 1.13 bits per heavy atom. The molecule has 0 aromatic carbocycles. The standard InChI is InChI=1S/C12H24O2Si/c1-14-15(2,3)8-12-6-9-4-10(12)5-11(9)7-13/h9-13H,4-8H2,1-3H3. The van der Waals surface area contributed by atoms with Crippen LogP contribution in [0, 0.1) is 23.7 Å². The number of hydrogen-bond acceptors (Lipinski definition) is 2. The van der Waals surface area contributed by atoms with Gasteiger partial charge in [-0.15, -0.1) is 0 Å². The number of aliphatic hydroxyl groups is 1. The van der Waals surface area contributed by atoms with Gasteiger partial charge < -0.3 is 9.53 Å². The molecule has 0 spiro atoms. The van der Waals surface area contributed by atoms with E-state index in [1.54, 1.807) is 0 Å². The van der Waals surface area contributed by atoms with Crippen molar-refractivity contribution in [1.82, 2.24) is 0 Å². The lowest BCUT2D eigenvalue weighted by Crippen LogP contribution is -2.34. The average Bonchev–Trinajstić information content (AvgIpc) is 2.75. The first-order valence-electron chi connectivity index (χ1n) is 6.21. The summed E-state index contributed by atoms with van der Waals surface area (Å²) in [6.45, 7) is 5.06.